The largest absolute Gasteiger partial charge is 0.496 e. The van der Waals surface area contributed by atoms with E-state index in [1.807, 2.05) is 46.9 Å². The van der Waals surface area contributed by atoms with Gasteiger partial charge in [-0.15, -0.1) is 10.2 Å². The summed E-state index contributed by atoms with van der Waals surface area (Å²) in [6.07, 6.45) is 4.43. The van der Waals surface area contributed by atoms with Crippen molar-refractivity contribution in [2.75, 3.05) is 12.9 Å². The molecule has 0 saturated heterocycles. The molecule has 2 aromatic carbocycles. The number of nitrogens with zero attached hydrogens (tertiary/aromatic N) is 4. The monoisotopic (exact) mass is 463 g/mol. The van der Waals surface area contributed by atoms with E-state index >= 15 is 0 Å². The van der Waals surface area contributed by atoms with E-state index in [-0.39, 0.29) is 23.3 Å². The van der Waals surface area contributed by atoms with Crippen molar-refractivity contribution >= 4 is 34.3 Å². The number of rotatable bonds is 7. The predicted octanol–water partition coefficient (Wildman–Crippen LogP) is 3.25. The second kappa shape index (κ2) is 9.27. The number of nitrogens with one attached hydrogen (secondary N) is 1. The molecule has 5 rings (SSSR count). The molecule has 0 aliphatic heterocycles. The highest BCUT2D eigenvalue weighted by Crippen LogP contribution is 2.24. The number of benzene rings is 2. The summed E-state index contributed by atoms with van der Waals surface area (Å²) in [4.78, 5) is 25.9. The van der Waals surface area contributed by atoms with Crippen LogP contribution in [0.3, 0.4) is 0 Å². The molecule has 8 nitrogen and oxygen atoms in total. The number of methoxy groups -OCH3 is 1. The van der Waals surface area contributed by atoms with Crippen LogP contribution in [0, 0.1) is 0 Å². The van der Waals surface area contributed by atoms with Crippen molar-refractivity contribution in [3.05, 3.63) is 64.4 Å². The van der Waals surface area contributed by atoms with Gasteiger partial charge in [-0.05, 0) is 31.0 Å². The van der Waals surface area contributed by atoms with E-state index in [1.165, 1.54) is 24.6 Å². The molecule has 1 fully saturated rings. The molecule has 2 heterocycles. The molecule has 1 aliphatic carbocycles. The van der Waals surface area contributed by atoms with Gasteiger partial charge in [0, 0.05) is 11.6 Å². The Labute approximate surface area is 195 Å². The SMILES string of the molecule is COc1ccccc1Cn1c(=O)c2ccccc2n2c(SCC(=O)NC3CCCC3)nnc12. The number of carbonyl (C=O) groups excluding carboxylic acids is 1. The van der Waals surface area contributed by atoms with Crippen molar-refractivity contribution in [1.82, 2.24) is 24.5 Å². The Morgan fingerprint density at radius 2 is 1.88 bits per heavy atom. The van der Waals surface area contributed by atoms with Crippen LogP contribution in [0.25, 0.3) is 16.7 Å². The minimum atomic E-state index is -0.146. The second-order valence-electron chi connectivity index (χ2n) is 8.18. The number of hydrogen-bond donors (Lipinski definition) is 1. The topological polar surface area (TPSA) is 90.5 Å². The van der Waals surface area contributed by atoms with Crippen molar-refractivity contribution in [1.29, 1.82) is 0 Å². The van der Waals surface area contributed by atoms with Gasteiger partial charge in [-0.3, -0.25) is 18.6 Å². The Hall–Kier alpha value is -3.33. The van der Waals surface area contributed by atoms with Crippen LogP contribution in [-0.2, 0) is 11.3 Å². The predicted molar refractivity (Wildman–Crippen MR) is 128 cm³/mol. The molecule has 2 aromatic heterocycles. The highest BCUT2D eigenvalue weighted by Gasteiger charge is 2.20. The van der Waals surface area contributed by atoms with Gasteiger partial charge in [-0.25, -0.2) is 0 Å². The van der Waals surface area contributed by atoms with E-state index in [4.69, 9.17) is 4.74 Å². The fourth-order valence-corrected chi connectivity index (χ4v) is 5.19. The zero-order chi connectivity index (χ0) is 22.8. The minimum absolute atomic E-state index is 0.00435. The molecule has 0 unspecified atom stereocenters. The van der Waals surface area contributed by atoms with Crippen molar-refractivity contribution < 1.29 is 9.53 Å². The number of para-hydroxylation sites is 2. The summed E-state index contributed by atoms with van der Waals surface area (Å²) in [5.74, 6) is 1.38. The molecule has 1 saturated carbocycles. The lowest BCUT2D eigenvalue weighted by atomic mass is 10.2. The first-order valence-corrected chi connectivity index (χ1v) is 12.0. The summed E-state index contributed by atoms with van der Waals surface area (Å²) >= 11 is 1.33. The lowest BCUT2D eigenvalue weighted by Crippen LogP contribution is -2.33. The molecule has 0 spiro atoms. The first-order chi connectivity index (χ1) is 16.2. The highest BCUT2D eigenvalue weighted by atomic mass is 32.2. The number of ether oxygens (including phenoxy) is 1. The highest BCUT2D eigenvalue weighted by molar-refractivity contribution is 7.99. The van der Waals surface area contributed by atoms with Crippen LogP contribution in [0.5, 0.6) is 5.75 Å². The smallest absolute Gasteiger partial charge is 0.263 e. The van der Waals surface area contributed by atoms with Crippen molar-refractivity contribution in [2.45, 2.75) is 43.4 Å². The molecule has 0 atom stereocenters. The van der Waals surface area contributed by atoms with Gasteiger partial charge in [0.2, 0.25) is 11.7 Å². The number of hydrogen-bond acceptors (Lipinski definition) is 6. The fraction of sp³-hybridized carbons (Fsp3) is 0.333. The van der Waals surface area contributed by atoms with E-state index in [0.29, 0.717) is 28.6 Å². The Balaban J connectivity index is 1.53. The molecule has 170 valence electrons. The number of carbonyl (C=O) groups is 1. The van der Waals surface area contributed by atoms with Gasteiger partial charge in [-0.2, -0.15) is 0 Å². The van der Waals surface area contributed by atoms with Crippen LogP contribution in [0.2, 0.25) is 0 Å². The van der Waals surface area contributed by atoms with Gasteiger partial charge in [-0.1, -0.05) is 54.9 Å². The average molecular weight is 464 g/mol. The molecule has 4 aromatic rings. The number of amides is 1. The van der Waals surface area contributed by atoms with E-state index < -0.39 is 0 Å². The molecule has 33 heavy (non-hydrogen) atoms. The van der Waals surface area contributed by atoms with Gasteiger partial charge in [0.25, 0.3) is 5.56 Å². The third-order valence-corrected chi connectivity index (χ3v) is 6.98. The zero-order valence-corrected chi connectivity index (χ0v) is 19.2. The van der Waals surface area contributed by atoms with E-state index in [1.54, 1.807) is 17.7 Å². The summed E-state index contributed by atoms with van der Waals surface area (Å²) in [5.41, 5.74) is 1.44. The van der Waals surface area contributed by atoms with Gasteiger partial charge in [0.05, 0.1) is 30.3 Å². The van der Waals surface area contributed by atoms with Gasteiger partial charge >= 0.3 is 0 Å². The van der Waals surface area contributed by atoms with Crippen LogP contribution in [-0.4, -0.2) is 44.0 Å². The summed E-state index contributed by atoms with van der Waals surface area (Å²) < 4.78 is 8.94. The maximum absolute atomic E-state index is 13.4. The van der Waals surface area contributed by atoms with E-state index in [9.17, 15) is 9.59 Å². The Kier molecular flexibility index (Phi) is 6.04. The molecule has 0 radical (unpaired) electrons. The molecule has 0 bridgehead atoms. The lowest BCUT2D eigenvalue weighted by molar-refractivity contribution is -0.119. The Morgan fingerprint density at radius 3 is 2.70 bits per heavy atom. The Bertz CT molecular complexity index is 1370. The minimum Gasteiger partial charge on any atom is -0.496 e. The van der Waals surface area contributed by atoms with Crippen LogP contribution >= 0.6 is 11.8 Å². The molecule has 1 aliphatic rings. The maximum atomic E-state index is 13.4. The van der Waals surface area contributed by atoms with Gasteiger partial charge < -0.3 is 10.1 Å². The lowest BCUT2D eigenvalue weighted by Gasteiger charge is -2.13. The Morgan fingerprint density at radius 1 is 1.12 bits per heavy atom. The molecule has 9 heteroatoms. The summed E-state index contributed by atoms with van der Waals surface area (Å²) in [5, 5.41) is 12.9. The van der Waals surface area contributed by atoms with Crippen LogP contribution in [0.4, 0.5) is 0 Å². The first kappa shape index (κ1) is 21.5. The molecule has 1 N–H and O–H groups in total. The van der Waals surface area contributed by atoms with Crippen molar-refractivity contribution in [3.8, 4) is 5.75 Å². The summed E-state index contributed by atoms with van der Waals surface area (Å²) in [6.45, 7) is 0.294. The van der Waals surface area contributed by atoms with Crippen LogP contribution in [0.15, 0.2) is 58.5 Å². The zero-order valence-electron chi connectivity index (χ0n) is 18.4. The normalized spacial score (nSPS) is 14.2. The van der Waals surface area contributed by atoms with E-state index in [2.05, 4.69) is 15.5 Å². The number of thioether (sulfide) groups is 1. The summed E-state index contributed by atoms with van der Waals surface area (Å²) in [6, 6.07) is 15.3. The average Bonchev–Trinajstić information content (AvgIpc) is 3.50. The number of aromatic nitrogens is 4. The maximum Gasteiger partial charge on any atom is 0.263 e. The third kappa shape index (κ3) is 4.20. The molecular weight excluding hydrogens is 438 g/mol. The first-order valence-electron chi connectivity index (χ1n) is 11.1. The third-order valence-electron chi connectivity index (χ3n) is 6.05. The molecule has 1 amide bonds. The number of fused-ring (bicyclic) bond motifs is 3. The van der Waals surface area contributed by atoms with Gasteiger partial charge in [0.1, 0.15) is 5.75 Å². The summed E-state index contributed by atoms with van der Waals surface area (Å²) in [7, 11) is 1.61. The standard InChI is InChI=1S/C24H25N5O3S/c1-32-20-13-7-2-8-16(20)14-28-22(31)18-11-5-6-12-19(18)29-23(28)26-27-24(29)33-15-21(30)25-17-9-3-4-10-17/h2,5-8,11-13,17H,3-4,9-10,14-15H2,1H3,(H,25,30). The second-order valence-corrected chi connectivity index (χ2v) is 9.12. The van der Waals surface area contributed by atoms with Crippen molar-refractivity contribution in [3.63, 3.8) is 0 Å². The van der Waals surface area contributed by atoms with Crippen molar-refractivity contribution in [2.24, 2.45) is 0 Å². The quantitative estimate of drug-likeness (QED) is 0.423. The van der Waals surface area contributed by atoms with Crippen LogP contribution in [0.1, 0.15) is 31.2 Å². The fourth-order valence-electron chi connectivity index (χ4n) is 4.44. The molecular formula is C24H25N5O3S. The van der Waals surface area contributed by atoms with Crippen LogP contribution < -0.4 is 15.6 Å². The van der Waals surface area contributed by atoms with E-state index in [0.717, 1.165) is 23.9 Å². The van der Waals surface area contributed by atoms with Gasteiger partial charge in [0.15, 0.2) is 5.16 Å².